The average Bonchev–Trinajstić information content (AvgIpc) is 2.33. The second kappa shape index (κ2) is 5.93. The summed E-state index contributed by atoms with van der Waals surface area (Å²) < 4.78 is 6.22. The molecule has 1 aliphatic rings. The Morgan fingerprint density at radius 3 is 2.75 bits per heavy atom. The zero-order chi connectivity index (χ0) is 14.8. The fourth-order valence-electron chi connectivity index (χ4n) is 2.20. The maximum atomic E-state index is 12.1. The van der Waals surface area contributed by atoms with Crippen LogP contribution < -0.4 is 0 Å². The van der Waals surface area contributed by atoms with Gasteiger partial charge in [-0.1, -0.05) is 28.1 Å². The molecule has 1 aliphatic heterocycles. The van der Waals surface area contributed by atoms with E-state index in [2.05, 4.69) is 15.9 Å². The Balaban J connectivity index is 1.83. The van der Waals surface area contributed by atoms with Crippen molar-refractivity contribution in [2.75, 3.05) is 19.7 Å². The summed E-state index contributed by atoms with van der Waals surface area (Å²) in [5.41, 5.74) is 0.412. The molecule has 0 spiro atoms. The Kier molecular flexibility index (Phi) is 4.45. The highest BCUT2D eigenvalue weighted by Crippen LogP contribution is 2.25. The summed E-state index contributed by atoms with van der Waals surface area (Å²) in [6.45, 7) is 2.36. The Hall–Kier alpha value is -1.40. The summed E-state index contributed by atoms with van der Waals surface area (Å²) in [6.07, 6.45) is 0.342. The number of hydrogen-bond donors (Lipinski definition) is 1. The molecular weight excluding hydrogens is 326 g/mol. The number of benzene rings is 1. The molecule has 0 radical (unpaired) electrons. The van der Waals surface area contributed by atoms with Crippen LogP contribution in [0.2, 0.25) is 0 Å². The van der Waals surface area contributed by atoms with Crippen molar-refractivity contribution in [2.24, 2.45) is 0 Å². The minimum atomic E-state index is -0.995. The first kappa shape index (κ1) is 15.0. The van der Waals surface area contributed by atoms with Crippen LogP contribution in [0.5, 0.6) is 0 Å². The van der Waals surface area contributed by atoms with Crippen molar-refractivity contribution in [1.29, 1.82) is 0 Å². The minimum absolute atomic E-state index is 0.0273. The third kappa shape index (κ3) is 3.80. The first-order chi connectivity index (χ1) is 9.38. The van der Waals surface area contributed by atoms with Crippen molar-refractivity contribution in [3.63, 3.8) is 0 Å². The number of ether oxygens (including phenoxy) is 1. The van der Waals surface area contributed by atoms with Crippen LogP contribution in [0.15, 0.2) is 28.7 Å². The normalized spacial score (nSPS) is 16.6. The van der Waals surface area contributed by atoms with E-state index in [-0.39, 0.29) is 12.5 Å². The van der Waals surface area contributed by atoms with Gasteiger partial charge in [-0.15, -0.1) is 0 Å². The van der Waals surface area contributed by atoms with E-state index in [1.54, 1.807) is 4.90 Å². The number of amides is 1. The van der Waals surface area contributed by atoms with Crippen molar-refractivity contribution < 1.29 is 19.4 Å². The summed E-state index contributed by atoms with van der Waals surface area (Å²) in [5.74, 6) is -0.968. The lowest BCUT2D eigenvalue weighted by Crippen LogP contribution is -2.63. The van der Waals surface area contributed by atoms with Gasteiger partial charge in [-0.3, -0.25) is 4.79 Å². The SMILES string of the molecule is CC1(OCC(=O)O)CN(C(=O)Cc2cccc(Br)c2)C1. The molecular formula is C14H16BrNO4. The lowest BCUT2D eigenvalue weighted by Gasteiger charge is -2.47. The summed E-state index contributed by atoms with van der Waals surface area (Å²) in [6, 6.07) is 7.62. The van der Waals surface area contributed by atoms with Crippen LogP contribution in [0.1, 0.15) is 12.5 Å². The van der Waals surface area contributed by atoms with Crippen LogP contribution in [0.25, 0.3) is 0 Å². The van der Waals surface area contributed by atoms with E-state index < -0.39 is 11.6 Å². The Morgan fingerprint density at radius 1 is 1.45 bits per heavy atom. The van der Waals surface area contributed by atoms with Gasteiger partial charge in [0.05, 0.1) is 19.5 Å². The van der Waals surface area contributed by atoms with Gasteiger partial charge in [-0.25, -0.2) is 4.79 Å². The van der Waals surface area contributed by atoms with Crippen molar-refractivity contribution in [3.05, 3.63) is 34.3 Å². The summed E-state index contributed by atoms with van der Waals surface area (Å²) in [7, 11) is 0. The third-order valence-electron chi connectivity index (χ3n) is 3.19. The Bertz CT molecular complexity index is 526. The summed E-state index contributed by atoms with van der Waals surface area (Å²) in [4.78, 5) is 24.2. The first-order valence-electron chi connectivity index (χ1n) is 6.26. The second-order valence-corrected chi connectivity index (χ2v) is 6.10. The molecule has 1 N–H and O–H groups in total. The largest absolute Gasteiger partial charge is 0.480 e. The highest BCUT2D eigenvalue weighted by Gasteiger charge is 2.42. The van der Waals surface area contributed by atoms with E-state index in [0.717, 1.165) is 10.0 Å². The monoisotopic (exact) mass is 341 g/mol. The van der Waals surface area contributed by atoms with Gasteiger partial charge in [0.1, 0.15) is 12.2 Å². The number of carbonyl (C=O) groups is 2. The van der Waals surface area contributed by atoms with E-state index in [9.17, 15) is 9.59 Å². The molecule has 0 saturated carbocycles. The predicted octanol–water partition coefficient (Wildman–Crippen LogP) is 1.69. The molecule has 108 valence electrons. The van der Waals surface area contributed by atoms with E-state index in [0.29, 0.717) is 19.5 Å². The lowest BCUT2D eigenvalue weighted by atomic mass is 9.95. The molecule has 1 fully saturated rings. The number of aliphatic carboxylic acids is 1. The van der Waals surface area contributed by atoms with Gasteiger partial charge in [0.25, 0.3) is 0 Å². The Labute approximate surface area is 125 Å². The fourth-order valence-corrected chi connectivity index (χ4v) is 2.64. The quantitative estimate of drug-likeness (QED) is 0.884. The highest BCUT2D eigenvalue weighted by molar-refractivity contribution is 9.10. The molecule has 1 aromatic carbocycles. The van der Waals surface area contributed by atoms with Crippen LogP contribution in [0, 0.1) is 0 Å². The van der Waals surface area contributed by atoms with Gasteiger partial charge >= 0.3 is 5.97 Å². The van der Waals surface area contributed by atoms with Gasteiger partial charge < -0.3 is 14.7 Å². The molecule has 1 amide bonds. The van der Waals surface area contributed by atoms with Crippen LogP contribution >= 0.6 is 15.9 Å². The van der Waals surface area contributed by atoms with Crippen molar-refractivity contribution >= 4 is 27.8 Å². The number of carboxylic acids is 1. The number of carboxylic acid groups (broad SMARTS) is 1. The highest BCUT2D eigenvalue weighted by atomic mass is 79.9. The molecule has 5 nitrogen and oxygen atoms in total. The van der Waals surface area contributed by atoms with E-state index in [4.69, 9.17) is 9.84 Å². The smallest absolute Gasteiger partial charge is 0.329 e. The van der Waals surface area contributed by atoms with Crippen molar-refractivity contribution in [1.82, 2.24) is 4.90 Å². The zero-order valence-electron chi connectivity index (χ0n) is 11.1. The lowest BCUT2D eigenvalue weighted by molar-refractivity contribution is -0.172. The molecule has 1 saturated heterocycles. The van der Waals surface area contributed by atoms with Gasteiger partial charge in [0.15, 0.2) is 0 Å². The van der Waals surface area contributed by atoms with Crippen LogP contribution in [-0.2, 0) is 20.7 Å². The molecule has 6 heteroatoms. The summed E-state index contributed by atoms with van der Waals surface area (Å²) >= 11 is 3.37. The zero-order valence-corrected chi connectivity index (χ0v) is 12.7. The topological polar surface area (TPSA) is 66.8 Å². The molecule has 1 aromatic rings. The fraction of sp³-hybridized carbons (Fsp3) is 0.429. The molecule has 2 rings (SSSR count). The van der Waals surface area contributed by atoms with Gasteiger partial charge in [-0.05, 0) is 24.6 Å². The van der Waals surface area contributed by atoms with Crippen molar-refractivity contribution in [2.45, 2.75) is 18.9 Å². The number of halogens is 1. The second-order valence-electron chi connectivity index (χ2n) is 5.19. The molecule has 0 aliphatic carbocycles. The maximum Gasteiger partial charge on any atom is 0.329 e. The standard InChI is InChI=1S/C14H16BrNO4/c1-14(20-7-13(18)19)8-16(9-14)12(17)6-10-3-2-4-11(15)5-10/h2-5H,6-9H2,1H3,(H,18,19). The summed E-state index contributed by atoms with van der Waals surface area (Å²) in [5, 5.41) is 8.58. The first-order valence-corrected chi connectivity index (χ1v) is 7.05. The molecule has 0 bridgehead atoms. The van der Waals surface area contributed by atoms with Crippen LogP contribution in [0.3, 0.4) is 0 Å². The van der Waals surface area contributed by atoms with Gasteiger partial charge in [0, 0.05) is 4.47 Å². The van der Waals surface area contributed by atoms with Crippen LogP contribution in [0.4, 0.5) is 0 Å². The van der Waals surface area contributed by atoms with E-state index >= 15 is 0 Å². The van der Waals surface area contributed by atoms with E-state index in [1.165, 1.54) is 0 Å². The molecule has 0 atom stereocenters. The molecule has 0 aromatic heterocycles. The maximum absolute atomic E-state index is 12.1. The molecule has 0 unspecified atom stereocenters. The molecule has 20 heavy (non-hydrogen) atoms. The number of likely N-dealkylation sites (tertiary alicyclic amines) is 1. The van der Waals surface area contributed by atoms with Crippen molar-refractivity contribution in [3.8, 4) is 0 Å². The Morgan fingerprint density at radius 2 is 2.15 bits per heavy atom. The third-order valence-corrected chi connectivity index (χ3v) is 3.69. The van der Waals surface area contributed by atoms with E-state index in [1.807, 2.05) is 31.2 Å². The van der Waals surface area contributed by atoms with Gasteiger partial charge in [0.2, 0.25) is 5.91 Å². The minimum Gasteiger partial charge on any atom is -0.480 e. The predicted molar refractivity (Wildman–Crippen MR) is 76.4 cm³/mol. The molecule has 1 heterocycles. The average molecular weight is 342 g/mol. The number of rotatable bonds is 5. The number of nitrogens with zero attached hydrogens (tertiary/aromatic N) is 1. The van der Waals surface area contributed by atoms with Crippen LogP contribution in [-0.4, -0.2) is 47.2 Å². The van der Waals surface area contributed by atoms with Gasteiger partial charge in [-0.2, -0.15) is 0 Å². The number of hydrogen-bond acceptors (Lipinski definition) is 3. The number of carbonyl (C=O) groups excluding carboxylic acids is 1.